The molecule has 2 fully saturated rings. The van der Waals surface area contributed by atoms with Crippen LogP contribution in [0, 0.1) is 19.1 Å². The lowest BCUT2D eigenvalue weighted by Gasteiger charge is -2.23. The van der Waals surface area contributed by atoms with Crippen molar-refractivity contribution in [2.75, 3.05) is 11.4 Å². The second-order valence-electron chi connectivity index (χ2n) is 5.54. The van der Waals surface area contributed by atoms with Crippen LogP contribution in [-0.4, -0.2) is 29.4 Å². The number of aryl methyl sites for hydroxylation is 1. The van der Waals surface area contributed by atoms with Gasteiger partial charge in [-0.3, -0.25) is 4.90 Å². The molecule has 0 saturated carbocycles. The highest BCUT2D eigenvalue weighted by Crippen LogP contribution is 2.31. The number of amides is 3. The fourth-order valence-corrected chi connectivity index (χ4v) is 3.27. The molecule has 21 heavy (non-hydrogen) atoms. The largest absolute Gasteiger partial charge is 0.710 e. The van der Waals surface area contributed by atoms with Gasteiger partial charge in [-0.25, -0.2) is 14.3 Å². The Kier molecular flexibility index (Phi) is 3.28. The maximum absolute atomic E-state index is 12.5. The third-order valence-corrected chi connectivity index (χ3v) is 4.58. The second-order valence-corrected chi connectivity index (χ2v) is 5.95. The number of halogens is 1. The molecule has 0 radical (unpaired) electrons. The van der Waals surface area contributed by atoms with Crippen molar-refractivity contribution in [2.24, 2.45) is 0 Å². The quantitative estimate of drug-likeness (QED) is 0.452. The third-order valence-electron chi connectivity index (χ3n) is 4.20. The predicted molar refractivity (Wildman–Crippen MR) is 77.1 cm³/mol. The molecule has 3 amide bonds. The number of carbonyl (C=O) groups is 2. The molecule has 0 bridgehead atoms. The van der Waals surface area contributed by atoms with Crippen molar-refractivity contribution < 1.29 is 14.3 Å². The molecule has 0 N–H and O–H groups in total. The smallest absolute Gasteiger partial charge is 0.419 e. The predicted octanol–water partition coefficient (Wildman–Crippen LogP) is 1.91. The molecular weight excluding hydrogens is 294 g/mol. The van der Waals surface area contributed by atoms with Crippen LogP contribution in [0.5, 0.6) is 0 Å². The Morgan fingerprint density at radius 1 is 1.33 bits per heavy atom. The van der Waals surface area contributed by atoms with Gasteiger partial charge in [0.2, 0.25) is 0 Å². The third kappa shape index (κ3) is 1.97. The molecule has 1 aromatic rings. The molecule has 6 nitrogen and oxygen atoms in total. The summed E-state index contributed by atoms with van der Waals surface area (Å²) in [6.45, 7) is 3.81. The highest BCUT2D eigenvalue weighted by molar-refractivity contribution is 6.31. The number of fused-ring (bicyclic) bond motifs is 1. The monoisotopic (exact) mass is 309 g/mol. The number of pyridine rings is 1. The van der Waals surface area contributed by atoms with Crippen LogP contribution >= 0.6 is 11.6 Å². The number of aromatic nitrogens is 1. The molecule has 3 rings (SSSR count). The molecule has 0 aromatic carbocycles. The minimum atomic E-state index is -0.429. The molecule has 7 heteroatoms. The number of hydrogen-bond donors (Lipinski definition) is 0. The van der Waals surface area contributed by atoms with Gasteiger partial charge in [-0.15, -0.1) is 4.90 Å². The van der Waals surface area contributed by atoms with E-state index in [1.807, 2.05) is 0 Å². The number of imide groups is 1. The summed E-state index contributed by atoms with van der Waals surface area (Å²) < 4.78 is 0.575. The van der Waals surface area contributed by atoms with E-state index in [0.717, 1.165) is 17.7 Å². The van der Waals surface area contributed by atoms with E-state index >= 15 is 0 Å². The Bertz CT molecular complexity index is 623. The first kappa shape index (κ1) is 14.1. The SMILES string of the molecule is Cc1cc(Cl)c(C)[n+]([O-])c1N1C(=O)C2CCCCN2C1=O. The van der Waals surface area contributed by atoms with E-state index < -0.39 is 12.1 Å². The fourth-order valence-electron chi connectivity index (χ4n) is 3.03. The van der Waals surface area contributed by atoms with Crippen LogP contribution in [0.2, 0.25) is 5.02 Å². The number of nitrogens with zero attached hydrogens (tertiary/aromatic N) is 3. The lowest BCUT2D eigenvalue weighted by Crippen LogP contribution is -2.45. The minimum absolute atomic E-state index is 0.0706. The summed E-state index contributed by atoms with van der Waals surface area (Å²) in [6.07, 6.45) is 2.47. The first-order valence-corrected chi connectivity index (χ1v) is 7.35. The van der Waals surface area contributed by atoms with Gasteiger partial charge in [-0.2, -0.15) is 0 Å². The molecule has 0 spiro atoms. The fraction of sp³-hybridized carbons (Fsp3) is 0.500. The van der Waals surface area contributed by atoms with Gasteiger partial charge in [-0.05, 0) is 39.2 Å². The lowest BCUT2D eigenvalue weighted by molar-refractivity contribution is -0.598. The summed E-state index contributed by atoms with van der Waals surface area (Å²) in [5.41, 5.74) is 0.796. The van der Waals surface area contributed by atoms with E-state index in [9.17, 15) is 14.8 Å². The molecular formula is C14H16ClN3O3. The summed E-state index contributed by atoms with van der Waals surface area (Å²) in [4.78, 5) is 27.6. The first-order chi connectivity index (χ1) is 9.93. The topological polar surface area (TPSA) is 67.6 Å². The maximum Gasteiger partial charge on any atom is 0.419 e. The van der Waals surface area contributed by atoms with Gasteiger partial charge < -0.3 is 5.21 Å². The summed E-state index contributed by atoms with van der Waals surface area (Å²) in [7, 11) is 0. The van der Waals surface area contributed by atoms with E-state index in [1.54, 1.807) is 24.8 Å². The average Bonchev–Trinajstić information content (AvgIpc) is 2.71. The maximum atomic E-state index is 12.5. The molecule has 1 aromatic heterocycles. The van der Waals surface area contributed by atoms with Gasteiger partial charge in [0.15, 0.2) is 0 Å². The number of rotatable bonds is 1. The van der Waals surface area contributed by atoms with E-state index in [-0.39, 0.29) is 17.4 Å². The van der Waals surface area contributed by atoms with Gasteiger partial charge in [0.1, 0.15) is 11.7 Å². The Balaban J connectivity index is 2.11. The van der Waals surface area contributed by atoms with Crippen molar-refractivity contribution in [3.63, 3.8) is 0 Å². The lowest BCUT2D eigenvalue weighted by atomic mass is 10.0. The number of carbonyl (C=O) groups excluding carboxylic acids is 2. The first-order valence-electron chi connectivity index (χ1n) is 6.97. The zero-order valence-electron chi connectivity index (χ0n) is 11.9. The van der Waals surface area contributed by atoms with Gasteiger partial charge in [-0.1, -0.05) is 11.6 Å². The Hall–Kier alpha value is -1.82. The van der Waals surface area contributed by atoms with Crippen molar-refractivity contribution in [3.05, 3.63) is 27.6 Å². The zero-order chi connectivity index (χ0) is 15.3. The van der Waals surface area contributed by atoms with Gasteiger partial charge in [0.05, 0.1) is 5.02 Å². The number of anilines is 1. The minimum Gasteiger partial charge on any atom is -0.710 e. The van der Waals surface area contributed by atoms with E-state index in [1.165, 1.54) is 0 Å². The molecule has 3 heterocycles. The summed E-state index contributed by atoms with van der Waals surface area (Å²) >= 11 is 5.97. The van der Waals surface area contributed by atoms with Crippen molar-refractivity contribution in [2.45, 2.75) is 39.2 Å². The Morgan fingerprint density at radius 3 is 2.71 bits per heavy atom. The number of urea groups is 1. The molecule has 1 unspecified atom stereocenters. The molecule has 112 valence electrons. The molecule has 0 aliphatic carbocycles. The molecule has 2 aliphatic rings. The number of hydrogen-bond acceptors (Lipinski definition) is 3. The molecule has 2 aliphatic heterocycles. The van der Waals surface area contributed by atoms with Gasteiger partial charge >= 0.3 is 11.9 Å². The highest BCUT2D eigenvalue weighted by Gasteiger charge is 2.53. The van der Waals surface area contributed by atoms with Crippen molar-refractivity contribution in [3.8, 4) is 0 Å². The summed E-state index contributed by atoms with van der Waals surface area (Å²) in [5, 5.41) is 12.7. The standard InChI is InChI=1S/C14H16ClN3O3/c1-8-7-10(15)9(2)18(21)12(8)17-13(19)11-5-3-4-6-16(11)14(17)20/h7,11H,3-6H2,1-2H3. The Labute approximate surface area is 127 Å². The Morgan fingerprint density at radius 2 is 2.05 bits per heavy atom. The van der Waals surface area contributed by atoms with Crippen LogP contribution in [-0.2, 0) is 4.79 Å². The van der Waals surface area contributed by atoms with E-state index in [0.29, 0.717) is 28.3 Å². The molecule has 1 atom stereocenters. The highest BCUT2D eigenvalue weighted by atomic mass is 35.5. The normalized spacial score (nSPS) is 22.0. The number of piperidine rings is 1. The second kappa shape index (κ2) is 4.87. The van der Waals surface area contributed by atoms with Crippen LogP contribution < -0.4 is 9.63 Å². The molecule has 2 saturated heterocycles. The summed E-state index contributed by atoms with van der Waals surface area (Å²) in [5.74, 6) is -0.240. The summed E-state index contributed by atoms with van der Waals surface area (Å²) in [6, 6.07) is 0.777. The van der Waals surface area contributed by atoms with Gasteiger partial charge in [0, 0.05) is 12.1 Å². The van der Waals surface area contributed by atoms with Crippen LogP contribution in [0.1, 0.15) is 30.5 Å². The van der Waals surface area contributed by atoms with E-state index in [2.05, 4.69) is 0 Å². The van der Waals surface area contributed by atoms with Crippen molar-refractivity contribution in [1.29, 1.82) is 0 Å². The van der Waals surface area contributed by atoms with Crippen LogP contribution in [0.3, 0.4) is 0 Å². The van der Waals surface area contributed by atoms with Crippen molar-refractivity contribution in [1.82, 2.24) is 4.90 Å². The van der Waals surface area contributed by atoms with Crippen LogP contribution in [0.4, 0.5) is 10.6 Å². The van der Waals surface area contributed by atoms with E-state index in [4.69, 9.17) is 11.6 Å². The van der Waals surface area contributed by atoms with Crippen molar-refractivity contribution >= 4 is 29.4 Å². The van der Waals surface area contributed by atoms with Crippen LogP contribution in [0.25, 0.3) is 0 Å². The van der Waals surface area contributed by atoms with Gasteiger partial charge in [0.25, 0.3) is 5.82 Å². The van der Waals surface area contributed by atoms with Crippen LogP contribution in [0.15, 0.2) is 6.07 Å². The average molecular weight is 310 g/mol. The zero-order valence-corrected chi connectivity index (χ0v) is 12.7.